The summed E-state index contributed by atoms with van der Waals surface area (Å²) in [6, 6.07) is 9.79. The molecule has 1 aromatic rings. The fourth-order valence-electron chi connectivity index (χ4n) is 1.51. The van der Waals surface area contributed by atoms with Crippen molar-refractivity contribution >= 4 is 23.5 Å². The number of carbonyl (C=O) groups excluding carboxylic acids is 1. The molecule has 3 N–H and O–H groups in total. The number of nitrogens with zero attached hydrogens (tertiary/aromatic N) is 2. The van der Waals surface area contributed by atoms with Crippen LogP contribution in [0.4, 0.5) is 0 Å². The first-order chi connectivity index (χ1) is 9.17. The molecule has 1 rings (SSSR count). The van der Waals surface area contributed by atoms with Gasteiger partial charge in [-0.3, -0.25) is 4.79 Å². The van der Waals surface area contributed by atoms with Crippen LogP contribution in [-0.2, 0) is 4.79 Å². The molecule has 0 fully saturated rings. The number of amidine groups is 1. The number of rotatable bonds is 7. The van der Waals surface area contributed by atoms with Crippen LogP contribution in [0.25, 0.3) is 0 Å². The van der Waals surface area contributed by atoms with Crippen LogP contribution < -0.4 is 5.73 Å². The summed E-state index contributed by atoms with van der Waals surface area (Å²) >= 11 is 1.51. The van der Waals surface area contributed by atoms with Crippen LogP contribution in [0.1, 0.15) is 13.3 Å². The lowest BCUT2D eigenvalue weighted by Crippen LogP contribution is -2.35. The maximum atomic E-state index is 12.0. The van der Waals surface area contributed by atoms with Crippen molar-refractivity contribution in [3.8, 4) is 0 Å². The van der Waals surface area contributed by atoms with E-state index in [-0.39, 0.29) is 11.7 Å². The molecule has 0 aliphatic rings. The lowest BCUT2D eigenvalue weighted by Gasteiger charge is -2.20. The highest BCUT2D eigenvalue weighted by Crippen LogP contribution is 2.17. The van der Waals surface area contributed by atoms with Gasteiger partial charge < -0.3 is 15.8 Å². The van der Waals surface area contributed by atoms with Gasteiger partial charge in [-0.05, 0) is 19.1 Å². The zero-order chi connectivity index (χ0) is 14.1. The molecule has 19 heavy (non-hydrogen) atoms. The number of thioether (sulfide) groups is 1. The SMILES string of the molecule is CCN(CCC(N)=NO)C(=O)CSc1ccccc1. The van der Waals surface area contributed by atoms with Crippen LogP contribution in [0.2, 0.25) is 0 Å². The minimum atomic E-state index is 0.0575. The molecule has 5 nitrogen and oxygen atoms in total. The number of benzene rings is 1. The molecule has 0 heterocycles. The monoisotopic (exact) mass is 281 g/mol. The number of nitrogens with two attached hydrogens (primary N) is 1. The molecule has 0 radical (unpaired) electrons. The number of hydrogen-bond acceptors (Lipinski definition) is 4. The van der Waals surface area contributed by atoms with Crippen molar-refractivity contribution in [2.24, 2.45) is 10.9 Å². The fourth-order valence-corrected chi connectivity index (χ4v) is 2.33. The van der Waals surface area contributed by atoms with E-state index in [1.807, 2.05) is 37.3 Å². The summed E-state index contributed by atoms with van der Waals surface area (Å²) in [7, 11) is 0. The van der Waals surface area contributed by atoms with Gasteiger partial charge in [-0.15, -0.1) is 11.8 Å². The van der Waals surface area contributed by atoms with Crippen molar-refractivity contribution in [3.05, 3.63) is 30.3 Å². The zero-order valence-electron chi connectivity index (χ0n) is 11.0. The van der Waals surface area contributed by atoms with Crippen molar-refractivity contribution in [1.29, 1.82) is 0 Å². The number of amides is 1. The second-order valence-corrected chi connectivity index (χ2v) is 4.97. The first-order valence-electron chi connectivity index (χ1n) is 6.09. The van der Waals surface area contributed by atoms with E-state index < -0.39 is 0 Å². The van der Waals surface area contributed by atoms with Gasteiger partial charge in [0.15, 0.2) is 0 Å². The maximum Gasteiger partial charge on any atom is 0.232 e. The van der Waals surface area contributed by atoms with Crippen molar-refractivity contribution in [2.75, 3.05) is 18.8 Å². The van der Waals surface area contributed by atoms with Crippen LogP contribution in [0.15, 0.2) is 40.4 Å². The largest absolute Gasteiger partial charge is 0.409 e. The molecular formula is C13H19N3O2S. The number of oxime groups is 1. The standard InChI is InChI=1S/C13H19N3O2S/c1-2-16(9-8-12(14)15-18)13(17)10-19-11-6-4-3-5-7-11/h3-7,18H,2,8-10H2,1H3,(H2,14,15). The Morgan fingerprint density at radius 1 is 1.42 bits per heavy atom. The molecule has 6 heteroatoms. The van der Waals surface area contributed by atoms with Crippen molar-refractivity contribution in [1.82, 2.24) is 4.90 Å². The minimum Gasteiger partial charge on any atom is -0.409 e. The van der Waals surface area contributed by atoms with E-state index in [0.29, 0.717) is 25.3 Å². The predicted molar refractivity (Wildman–Crippen MR) is 77.4 cm³/mol. The fraction of sp³-hybridized carbons (Fsp3) is 0.385. The Balaban J connectivity index is 2.41. The molecule has 0 unspecified atom stereocenters. The van der Waals surface area contributed by atoms with Gasteiger partial charge in [0.05, 0.1) is 5.75 Å². The van der Waals surface area contributed by atoms with Crippen molar-refractivity contribution < 1.29 is 10.0 Å². The Labute approximate surface area is 117 Å². The van der Waals surface area contributed by atoms with E-state index in [0.717, 1.165) is 4.90 Å². The zero-order valence-corrected chi connectivity index (χ0v) is 11.8. The molecule has 0 saturated carbocycles. The second kappa shape index (κ2) is 8.42. The average molecular weight is 281 g/mol. The van der Waals surface area contributed by atoms with Crippen LogP contribution in [-0.4, -0.2) is 40.7 Å². The maximum absolute atomic E-state index is 12.0. The number of hydrogen-bond donors (Lipinski definition) is 2. The molecule has 0 atom stereocenters. The van der Waals surface area contributed by atoms with E-state index in [1.54, 1.807) is 4.90 Å². The molecule has 1 amide bonds. The lowest BCUT2D eigenvalue weighted by atomic mass is 10.3. The smallest absolute Gasteiger partial charge is 0.232 e. The summed E-state index contributed by atoms with van der Waals surface area (Å²) < 4.78 is 0. The summed E-state index contributed by atoms with van der Waals surface area (Å²) in [5.41, 5.74) is 5.40. The highest BCUT2D eigenvalue weighted by atomic mass is 32.2. The second-order valence-electron chi connectivity index (χ2n) is 3.92. The molecule has 104 valence electrons. The van der Waals surface area contributed by atoms with Gasteiger partial charge >= 0.3 is 0 Å². The Morgan fingerprint density at radius 2 is 2.11 bits per heavy atom. The molecule has 0 saturated heterocycles. The topological polar surface area (TPSA) is 78.9 Å². The van der Waals surface area contributed by atoms with Crippen molar-refractivity contribution in [3.63, 3.8) is 0 Å². The van der Waals surface area contributed by atoms with Crippen LogP contribution in [0.5, 0.6) is 0 Å². The van der Waals surface area contributed by atoms with Gasteiger partial charge in [0.2, 0.25) is 5.91 Å². The third-order valence-electron chi connectivity index (χ3n) is 2.61. The summed E-state index contributed by atoms with van der Waals surface area (Å²) in [6.45, 7) is 3.00. The Kier molecular flexibility index (Phi) is 6.81. The molecule has 0 spiro atoms. The van der Waals surface area contributed by atoms with Gasteiger partial charge in [0, 0.05) is 24.4 Å². The Hall–Kier alpha value is -1.69. The average Bonchev–Trinajstić information content (AvgIpc) is 2.46. The van der Waals surface area contributed by atoms with E-state index in [4.69, 9.17) is 10.9 Å². The first-order valence-corrected chi connectivity index (χ1v) is 7.08. The van der Waals surface area contributed by atoms with Crippen LogP contribution >= 0.6 is 11.8 Å². The Morgan fingerprint density at radius 3 is 2.68 bits per heavy atom. The predicted octanol–water partition coefficient (Wildman–Crippen LogP) is 1.76. The van der Waals surface area contributed by atoms with Gasteiger partial charge in [-0.1, -0.05) is 23.4 Å². The minimum absolute atomic E-state index is 0.0575. The van der Waals surface area contributed by atoms with Gasteiger partial charge in [0.1, 0.15) is 5.84 Å². The van der Waals surface area contributed by atoms with Gasteiger partial charge in [0.25, 0.3) is 0 Å². The third kappa shape index (κ3) is 5.65. The number of carbonyl (C=O) groups is 1. The molecule has 0 aliphatic heterocycles. The highest BCUT2D eigenvalue weighted by molar-refractivity contribution is 8.00. The first kappa shape index (κ1) is 15.4. The summed E-state index contributed by atoms with van der Waals surface area (Å²) in [5.74, 6) is 0.595. The molecule has 0 bridgehead atoms. The molecule has 0 aliphatic carbocycles. The van der Waals surface area contributed by atoms with Gasteiger partial charge in [-0.25, -0.2) is 0 Å². The summed E-state index contributed by atoms with van der Waals surface area (Å²) in [4.78, 5) is 14.8. The normalized spacial score (nSPS) is 11.3. The van der Waals surface area contributed by atoms with Crippen LogP contribution in [0.3, 0.4) is 0 Å². The lowest BCUT2D eigenvalue weighted by molar-refractivity contribution is -0.128. The van der Waals surface area contributed by atoms with Crippen molar-refractivity contribution in [2.45, 2.75) is 18.2 Å². The van der Waals surface area contributed by atoms with E-state index in [1.165, 1.54) is 11.8 Å². The van der Waals surface area contributed by atoms with E-state index in [9.17, 15) is 4.79 Å². The molecule has 0 aromatic heterocycles. The quantitative estimate of drug-likeness (QED) is 0.262. The molecule has 1 aromatic carbocycles. The van der Waals surface area contributed by atoms with Gasteiger partial charge in [-0.2, -0.15) is 0 Å². The van der Waals surface area contributed by atoms with E-state index in [2.05, 4.69) is 5.16 Å². The highest BCUT2D eigenvalue weighted by Gasteiger charge is 2.12. The summed E-state index contributed by atoms with van der Waals surface area (Å²) in [6.07, 6.45) is 0.381. The Bertz CT molecular complexity index is 423. The molecular weight excluding hydrogens is 262 g/mol. The van der Waals surface area contributed by atoms with Crippen LogP contribution in [0, 0.1) is 0 Å². The van der Waals surface area contributed by atoms with E-state index >= 15 is 0 Å². The summed E-state index contributed by atoms with van der Waals surface area (Å²) in [5, 5.41) is 11.4. The third-order valence-corrected chi connectivity index (χ3v) is 3.60.